The summed E-state index contributed by atoms with van der Waals surface area (Å²) in [7, 11) is 1.81. The Bertz CT molecular complexity index is 467. The minimum atomic E-state index is 0.295. The van der Waals surface area contributed by atoms with E-state index in [2.05, 4.69) is 32.8 Å². The summed E-state index contributed by atoms with van der Waals surface area (Å²) in [6, 6.07) is 2.14. The maximum atomic E-state index is 5.60. The molecule has 3 rings (SSSR count). The summed E-state index contributed by atoms with van der Waals surface area (Å²) in [5.41, 5.74) is 0. The Labute approximate surface area is 131 Å². The molecular weight excluding hydrogens is 284 g/mol. The number of thioether (sulfide) groups is 1. The molecule has 5 nitrogen and oxygen atoms in total. The Balaban J connectivity index is 1.73. The summed E-state index contributed by atoms with van der Waals surface area (Å²) in [6.45, 7) is 6.40. The van der Waals surface area contributed by atoms with Crippen molar-refractivity contribution in [1.29, 1.82) is 0 Å². The van der Waals surface area contributed by atoms with E-state index in [4.69, 9.17) is 4.74 Å². The van der Waals surface area contributed by atoms with Crippen LogP contribution in [0.3, 0.4) is 0 Å². The molecule has 0 N–H and O–H groups in total. The quantitative estimate of drug-likeness (QED) is 0.849. The number of hydrogen-bond donors (Lipinski definition) is 0. The van der Waals surface area contributed by atoms with E-state index in [9.17, 15) is 0 Å². The fourth-order valence-corrected chi connectivity index (χ4v) is 3.93. The van der Waals surface area contributed by atoms with Crippen molar-refractivity contribution in [3.05, 3.63) is 12.4 Å². The van der Waals surface area contributed by atoms with Crippen molar-refractivity contribution >= 4 is 23.4 Å². The Hall–Kier alpha value is -1.01. The first-order chi connectivity index (χ1) is 10.3. The van der Waals surface area contributed by atoms with Crippen molar-refractivity contribution in [1.82, 2.24) is 9.97 Å². The van der Waals surface area contributed by atoms with Gasteiger partial charge in [-0.25, -0.2) is 9.97 Å². The molecule has 0 aromatic carbocycles. The van der Waals surface area contributed by atoms with Gasteiger partial charge in [-0.2, -0.15) is 11.8 Å². The summed E-state index contributed by atoms with van der Waals surface area (Å²) >= 11 is 2.02. The molecule has 0 spiro atoms. The second-order valence-electron chi connectivity index (χ2n) is 5.82. The molecule has 0 aliphatic carbocycles. The molecule has 3 heterocycles. The Morgan fingerprint density at radius 2 is 1.86 bits per heavy atom. The van der Waals surface area contributed by atoms with Crippen LogP contribution in [0, 0.1) is 5.92 Å². The van der Waals surface area contributed by atoms with Crippen LogP contribution in [0.2, 0.25) is 0 Å². The maximum Gasteiger partial charge on any atom is 0.134 e. The zero-order chi connectivity index (χ0) is 14.7. The topological polar surface area (TPSA) is 41.5 Å². The monoisotopic (exact) mass is 308 g/mol. The molecule has 0 radical (unpaired) electrons. The van der Waals surface area contributed by atoms with E-state index in [1.807, 2.05) is 18.9 Å². The number of nitrogens with zero attached hydrogens (tertiary/aromatic N) is 4. The molecule has 6 heteroatoms. The normalized spacial score (nSPS) is 27.0. The summed E-state index contributed by atoms with van der Waals surface area (Å²) in [6.07, 6.45) is 3.15. The highest BCUT2D eigenvalue weighted by Gasteiger charge is 2.27. The van der Waals surface area contributed by atoms with Crippen LogP contribution in [0.5, 0.6) is 0 Å². The van der Waals surface area contributed by atoms with Crippen LogP contribution >= 0.6 is 11.8 Å². The average molecular weight is 308 g/mol. The van der Waals surface area contributed by atoms with E-state index in [1.54, 1.807) is 6.33 Å². The smallest absolute Gasteiger partial charge is 0.134 e. The zero-order valence-electron chi connectivity index (χ0n) is 12.9. The number of piperidine rings is 1. The molecule has 0 bridgehead atoms. The molecule has 2 atom stereocenters. The van der Waals surface area contributed by atoms with E-state index in [1.165, 1.54) is 11.5 Å². The number of anilines is 2. The third kappa shape index (κ3) is 3.43. The Kier molecular flexibility index (Phi) is 4.85. The second-order valence-corrected chi connectivity index (χ2v) is 7.04. The zero-order valence-corrected chi connectivity index (χ0v) is 13.7. The minimum Gasteiger partial charge on any atom is -0.379 e. The predicted octanol–water partition coefficient (Wildman–Crippen LogP) is 1.89. The number of hydrogen-bond acceptors (Lipinski definition) is 6. The number of methoxy groups -OCH3 is 1. The lowest BCUT2D eigenvalue weighted by Crippen LogP contribution is -2.44. The van der Waals surface area contributed by atoms with Crippen LogP contribution in [0.15, 0.2) is 12.4 Å². The summed E-state index contributed by atoms with van der Waals surface area (Å²) in [5.74, 6) is 5.09. The van der Waals surface area contributed by atoms with Crippen molar-refractivity contribution < 1.29 is 4.74 Å². The summed E-state index contributed by atoms with van der Waals surface area (Å²) in [5, 5.41) is 0. The van der Waals surface area contributed by atoms with Gasteiger partial charge in [0.15, 0.2) is 0 Å². The van der Waals surface area contributed by atoms with Gasteiger partial charge in [0.1, 0.15) is 18.0 Å². The van der Waals surface area contributed by atoms with Gasteiger partial charge >= 0.3 is 0 Å². The van der Waals surface area contributed by atoms with E-state index >= 15 is 0 Å². The van der Waals surface area contributed by atoms with E-state index in [0.717, 1.165) is 44.2 Å². The van der Waals surface area contributed by atoms with E-state index < -0.39 is 0 Å². The average Bonchev–Trinajstić information content (AvgIpc) is 2.56. The lowest BCUT2D eigenvalue weighted by atomic mass is 9.96. The molecule has 1 aromatic heterocycles. The van der Waals surface area contributed by atoms with Gasteiger partial charge in [-0.3, -0.25) is 0 Å². The number of rotatable bonds is 3. The van der Waals surface area contributed by atoms with Crippen molar-refractivity contribution in [2.24, 2.45) is 5.92 Å². The Morgan fingerprint density at radius 1 is 1.14 bits per heavy atom. The van der Waals surface area contributed by atoms with Gasteiger partial charge in [0.25, 0.3) is 0 Å². The van der Waals surface area contributed by atoms with Crippen LogP contribution in [-0.4, -0.2) is 60.9 Å². The highest BCUT2D eigenvalue weighted by atomic mass is 32.2. The lowest BCUT2D eigenvalue weighted by Gasteiger charge is -2.37. The van der Waals surface area contributed by atoms with Crippen molar-refractivity contribution in [2.75, 3.05) is 54.6 Å². The van der Waals surface area contributed by atoms with Gasteiger partial charge in [0.05, 0.1) is 6.10 Å². The molecule has 2 aliphatic rings. The first kappa shape index (κ1) is 14.9. The van der Waals surface area contributed by atoms with E-state index in [-0.39, 0.29) is 0 Å². The highest BCUT2D eigenvalue weighted by molar-refractivity contribution is 7.99. The van der Waals surface area contributed by atoms with Crippen LogP contribution in [-0.2, 0) is 4.74 Å². The third-order valence-electron chi connectivity index (χ3n) is 4.49. The molecule has 0 amide bonds. The fourth-order valence-electron chi connectivity index (χ4n) is 3.02. The minimum absolute atomic E-state index is 0.295. The van der Waals surface area contributed by atoms with Crippen LogP contribution in [0.4, 0.5) is 11.6 Å². The van der Waals surface area contributed by atoms with Gasteiger partial charge in [-0.1, -0.05) is 6.92 Å². The Morgan fingerprint density at radius 3 is 2.57 bits per heavy atom. The highest BCUT2D eigenvalue weighted by Crippen LogP contribution is 2.26. The van der Waals surface area contributed by atoms with E-state index in [0.29, 0.717) is 12.0 Å². The van der Waals surface area contributed by atoms with Gasteiger partial charge < -0.3 is 14.5 Å². The molecule has 2 fully saturated rings. The predicted molar refractivity (Wildman–Crippen MR) is 88.4 cm³/mol. The van der Waals surface area contributed by atoms with Gasteiger partial charge in [0.2, 0.25) is 0 Å². The molecule has 116 valence electrons. The molecule has 2 aliphatic heterocycles. The summed E-state index contributed by atoms with van der Waals surface area (Å²) < 4.78 is 5.60. The van der Waals surface area contributed by atoms with Crippen molar-refractivity contribution in [2.45, 2.75) is 19.4 Å². The van der Waals surface area contributed by atoms with Crippen LogP contribution in [0.1, 0.15) is 13.3 Å². The van der Waals surface area contributed by atoms with Crippen LogP contribution in [0.25, 0.3) is 0 Å². The fraction of sp³-hybridized carbons (Fsp3) is 0.733. The first-order valence-corrected chi connectivity index (χ1v) is 8.86. The molecule has 21 heavy (non-hydrogen) atoms. The van der Waals surface area contributed by atoms with Gasteiger partial charge in [-0.05, 0) is 12.3 Å². The first-order valence-electron chi connectivity index (χ1n) is 7.70. The number of aromatic nitrogens is 2. The standard InChI is InChI=1S/C15H24N4OS/c1-12-3-4-19(10-13(12)20-2)15-9-14(16-11-17-15)18-5-7-21-8-6-18/h9,11-13H,3-8,10H2,1-2H3/t12-,13-/m1/s1. The summed E-state index contributed by atoms with van der Waals surface area (Å²) in [4.78, 5) is 13.6. The maximum absolute atomic E-state index is 5.60. The molecule has 0 unspecified atom stereocenters. The lowest BCUT2D eigenvalue weighted by molar-refractivity contribution is 0.0496. The number of ether oxygens (including phenoxy) is 1. The van der Waals surface area contributed by atoms with Crippen molar-refractivity contribution in [3.63, 3.8) is 0 Å². The van der Waals surface area contributed by atoms with Gasteiger partial charge in [0, 0.05) is 50.9 Å². The third-order valence-corrected chi connectivity index (χ3v) is 5.43. The SMILES string of the molecule is CO[C@@H]1CN(c2cc(N3CCSCC3)ncn2)CC[C@H]1C. The van der Waals surface area contributed by atoms with Crippen LogP contribution < -0.4 is 9.80 Å². The molecule has 0 saturated carbocycles. The molecular formula is C15H24N4OS. The molecule has 1 aromatic rings. The van der Waals surface area contributed by atoms with Crippen molar-refractivity contribution in [3.8, 4) is 0 Å². The largest absolute Gasteiger partial charge is 0.379 e. The second kappa shape index (κ2) is 6.83. The molecule has 2 saturated heterocycles. The van der Waals surface area contributed by atoms with Gasteiger partial charge in [-0.15, -0.1) is 0 Å².